The van der Waals surface area contributed by atoms with E-state index in [0.29, 0.717) is 24.1 Å². The van der Waals surface area contributed by atoms with Gasteiger partial charge in [-0.1, -0.05) is 13.8 Å². The zero-order valence-electron chi connectivity index (χ0n) is 11.3. The second-order valence-corrected chi connectivity index (χ2v) is 5.29. The third kappa shape index (κ3) is 3.00. The minimum atomic E-state index is -0.101. The number of amides is 1. The monoisotopic (exact) mass is 247 g/mol. The SMILES string of the molecule is CNc1cc(C2CC2)cnc1C(=O)NCC(C)C. The Morgan fingerprint density at radius 2 is 2.22 bits per heavy atom. The van der Waals surface area contributed by atoms with Crippen LogP contribution in [0.5, 0.6) is 0 Å². The van der Waals surface area contributed by atoms with Crippen LogP contribution in [0, 0.1) is 5.92 Å². The van der Waals surface area contributed by atoms with E-state index in [1.165, 1.54) is 18.4 Å². The highest BCUT2D eigenvalue weighted by atomic mass is 16.1. The fourth-order valence-corrected chi connectivity index (χ4v) is 1.87. The Morgan fingerprint density at radius 1 is 1.50 bits per heavy atom. The van der Waals surface area contributed by atoms with Gasteiger partial charge in [0.15, 0.2) is 5.69 Å². The number of aromatic nitrogens is 1. The van der Waals surface area contributed by atoms with Crippen molar-refractivity contribution in [3.63, 3.8) is 0 Å². The van der Waals surface area contributed by atoms with E-state index in [-0.39, 0.29) is 5.91 Å². The predicted molar refractivity (Wildman–Crippen MR) is 72.9 cm³/mol. The van der Waals surface area contributed by atoms with E-state index >= 15 is 0 Å². The van der Waals surface area contributed by atoms with Crippen LogP contribution in [-0.4, -0.2) is 24.5 Å². The van der Waals surface area contributed by atoms with Crippen molar-refractivity contribution in [2.45, 2.75) is 32.6 Å². The highest BCUT2D eigenvalue weighted by molar-refractivity contribution is 5.97. The van der Waals surface area contributed by atoms with Gasteiger partial charge in [0.2, 0.25) is 0 Å². The molecule has 1 heterocycles. The molecule has 2 rings (SSSR count). The first-order valence-electron chi connectivity index (χ1n) is 6.57. The summed E-state index contributed by atoms with van der Waals surface area (Å²) in [4.78, 5) is 16.3. The maximum atomic E-state index is 12.0. The maximum absolute atomic E-state index is 12.0. The number of carbonyl (C=O) groups excluding carboxylic acids is 1. The first kappa shape index (κ1) is 12.9. The fourth-order valence-electron chi connectivity index (χ4n) is 1.87. The van der Waals surface area contributed by atoms with Crippen LogP contribution >= 0.6 is 0 Å². The molecule has 18 heavy (non-hydrogen) atoms. The largest absolute Gasteiger partial charge is 0.386 e. The first-order chi connectivity index (χ1) is 8.61. The standard InChI is InChI=1S/C14H21N3O/c1-9(2)7-17-14(18)13-12(15-3)6-11(8-16-13)10-4-5-10/h6,8-10,15H,4-5,7H2,1-3H3,(H,17,18). The summed E-state index contributed by atoms with van der Waals surface area (Å²) in [6.07, 6.45) is 4.32. The van der Waals surface area contributed by atoms with Crippen LogP contribution in [0.3, 0.4) is 0 Å². The molecule has 0 bridgehead atoms. The Labute approximate surface area is 108 Å². The van der Waals surface area contributed by atoms with Crippen LogP contribution in [0.25, 0.3) is 0 Å². The van der Waals surface area contributed by atoms with Gasteiger partial charge in [0.25, 0.3) is 5.91 Å². The van der Waals surface area contributed by atoms with E-state index in [0.717, 1.165) is 5.69 Å². The number of carbonyl (C=O) groups is 1. The molecule has 0 unspecified atom stereocenters. The zero-order chi connectivity index (χ0) is 13.1. The Balaban J connectivity index is 2.13. The van der Waals surface area contributed by atoms with Crippen LogP contribution in [0.15, 0.2) is 12.3 Å². The third-order valence-corrected chi connectivity index (χ3v) is 3.11. The topological polar surface area (TPSA) is 54.0 Å². The van der Waals surface area contributed by atoms with E-state index in [4.69, 9.17) is 0 Å². The van der Waals surface area contributed by atoms with Gasteiger partial charge < -0.3 is 10.6 Å². The van der Waals surface area contributed by atoms with Gasteiger partial charge in [-0.2, -0.15) is 0 Å². The Bertz CT molecular complexity index is 439. The number of nitrogens with one attached hydrogen (secondary N) is 2. The summed E-state index contributed by atoms with van der Waals surface area (Å²) in [7, 11) is 1.83. The van der Waals surface area contributed by atoms with E-state index in [1.807, 2.05) is 13.2 Å². The van der Waals surface area contributed by atoms with Crippen LogP contribution in [-0.2, 0) is 0 Å². The van der Waals surface area contributed by atoms with Crippen molar-refractivity contribution in [3.8, 4) is 0 Å². The van der Waals surface area contributed by atoms with Gasteiger partial charge in [0.05, 0.1) is 5.69 Å². The molecule has 1 aliphatic carbocycles. The van der Waals surface area contributed by atoms with Crippen molar-refractivity contribution >= 4 is 11.6 Å². The summed E-state index contributed by atoms with van der Waals surface area (Å²) in [5.74, 6) is 0.991. The van der Waals surface area contributed by atoms with Gasteiger partial charge >= 0.3 is 0 Å². The number of nitrogens with zero attached hydrogens (tertiary/aromatic N) is 1. The molecule has 0 aliphatic heterocycles. The van der Waals surface area contributed by atoms with Crippen molar-refractivity contribution in [3.05, 3.63) is 23.5 Å². The summed E-state index contributed by atoms with van der Waals surface area (Å²) in [6.45, 7) is 4.82. The van der Waals surface area contributed by atoms with Crippen molar-refractivity contribution in [2.24, 2.45) is 5.92 Å². The number of hydrogen-bond donors (Lipinski definition) is 2. The number of rotatable bonds is 5. The van der Waals surface area contributed by atoms with Gasteiger partial charge in [-0.05, 0) is 36.3 Å². The van der Waals surface area contributed by atoms with Crippen molar-refractivity contribution in [1.29, 1.82) is 0 Å². The Morgan fingerprint density at radius 3 is 2.78 bits per heavy atom. The lowest BCUT2D eigenvalue weighted by atomic mass is 10.1. The molecule has 4 heteroatoms. The molecule has 1 saturated carbocycles. The van der Waals surface area contributed by atoms with E-state index < -0.39 is 0 Å². The molecule has 1 fully saturated rings. The average molecular weight is 247 g/mol. The normalized spacial score (nSPS) is 14.7. The lowest BCUT2D eigenvalue weighted by Crippen LogP contribution is -2.28. The maximum Gasteiger partial charge on any atom is 0.272 e. The fraction of sp³-hybridized carbons (Fsp3) is 0.571. The highest BCUT2D eigenvalue weighted by Gasteiger charge is 2.25. The van der Waals surface area contributed by atoms with Crippen molar-refractivity contribution in [2.75, 3.05) is 18.9 Å². The molecule has 0 spiro atoms. The molecule has 0 atom stereocenters. The lowest BCUT2D eigenvalue weighted by Gasteiger charge is -2.11. The lowest BCUT2D eigenvalue weighted by molar-refractivity contribution is 0.0945. The Kier molecular flexibility index (Phi) is 3.84. The summed E-state index contributed by atoms with van der Waals surface area (Å²) < 4.78 is 0. The predicted octanol–water partition coefficient (Wildman–Crippen LogP) is 2.39. The van der Waals surface area contributed by atoms with Crippen LogP contribution < -0.4 is 10.6 Å². The molecule has 1 amide bonds. The van der Waals surface area contributed by atoms with Gasteiger partial charge in [-0.25, -0.2) is 4.98 Å². The summed E-state index contributed by atoms with van der Waals surface area (Å²) >= 11 is 0. The summed E-state index contributed by atoms with van der Waals surface area (Å²) in [6, 6.07) is 2.05. The van der Waals surface area contributed by atoms with Gasteiger partial charge in [0.1, 0.15) is 0 Å². The molecule has 98 valence electrons. The number of anilines is 1. The molecule has 4 nitrogen and oxygen atoms in total. The summed E-state index contributed by atoms with van der Waals surface area (Å²) in [5, 5.41) is 5.96. The van der Waals surface area contributed by atoms with Gasteiger partial charge in [-0.3, -0.25) is 4.79 Å². The third-order valence-electron chi connectivity index (χ3n) is 3.11. The average Bonchev–Trinajstić information content (AvgIpc) is 3.19. The minimum absolute atomic E-state index is 0.101. The van der Waals surface area contributed by atoms with Gasteiger partial charge in [0, 0.05) is 19.8 Å². The van der Waals surface area contributed by atoms with Crippen LogP contribution in [0.1, 0.15) is 48.7 Å². The van der Waals surface area contributed by atoms with E-state index in [2.05, 4.69) is 35.5 Å². The first-order valence-corrected chi connectivity index (χ1v) is 6.57. The molecule has 1 aromatic rings. The molecule has 1 aromatic heterocycles. The molecule has 0 saturated heterocycles. The number of hydrogen-bond acceptors (Lipinski definition) is 3. The van der Waals surface area contributed by atoms with Crippen molar-refractivity contribution in [1.82, 2.24) is 10.3 Å². The van der Waals surface area contributed by atoms with Gasteiger partial charge in [-0.15, -0.1) is 0 Å². The van der Waals surface area contributed by atoms with Crippen LogP contribution in [0.2, 0.25) is 0 Å². The molecular formula is C14H21N3O. The van der Waals surface area contributed by atoms with Crippen LogP contribution in [0.4, 0.5) is 5.69 Å². The quantitative estimate of drug-likeness (QED) is 0.840. The van der Waals surface area contributed by atoms with E-state index in [1.54, 1.807) is 0 Å². The molecule has 0 aromatic carbocycles. The molecule has 0 radical (unpaired) electrons. The highest BCUT2D eigenvalue weighted by Crippen LogP contribution is 2.40. The molecular weight excluding hydrogens is 226 g/mol. The second-order valence-electron chi connectivity index (χ2n) is 5.29. The minimum Gasteiger partial charge on any atom is -0.386 e. The molecule has 1 aliphatic rings. The summed E-state index contributed by atoms with van der Waals surface area (Å²) in [5.41, 5.74) is 2.54. The number of pyridine rings is 1. The smallest absolute Gasteiger partial charge is 0.272 e. The Hall–Kier alpha value is -1.58. The zero-order valence-corrected chi connectivity index (χ0v) is 11.3. The second kappa shape index (κ2) is 5.38. The van der Waals surface area contributed by atoms with Crippen molar-refractivity contribution < 1.29 is 4.79 Å². The molecule has 2 N–H and O–H groups in total. The van der Waals surface area contributed by atoms with E-state index in [9.17, 15) is 4.79 Å².